The van der Waals surface area contributed by atoms with Crippen molar-refractivity contribution >= 4 is 34.4 Å². The molecule has 1 aromatic carbocycles. The lowest BCUT2D eigenvalue weighted by Gasteiger charge is -2.26. The van der Waals surface area contributed by atoms with Gasteiger partial charge in [-0.1, -0.05) is 35.7 Å². The largest absolute Gasteiger partial charge is 0.332 e. The van der Waals surface area contributed by atoms with E-state index in [0.717, 1.165) is 41.9 Å². The lowest BCUT2D eigenvalue weighted by Crippen LogP contribution is -2.37. The number of fused-ring (bicyclic) bond motifs is 1. The second-order valence-corrected chi connectivity index (χ2v) is 8.41. The molecule has 1 aliphatic heterocycles. The molecule has 0 saturated carbocycles. The van der Waals surface area contributed by atoms with Crippen molar-refractivity contribution in [1.82, 2.24) is 23.6 Å². The molecule has 1 aliphatic rings. The summed E-state index contributed by atoms with van der Waals surface area (Å²) in [4.78, 5) is 32.4. The Bertz CT molecular complexity index is 1190. The minimum atomic E-state index is -0.388. The second-order valence-electron chi connectivity index (χ2n) is 7.56. The van der Waals surface area contributed by atoms with Crippen LogP contribution in [0.15, 0.2) is 27.8 Å². The molecule has 0 aliphatic carbocycles. The lowest BCUT2D eigenvalue weighted by molar-refractivity contribution is 0.214. The van der Waals surface area contributed by atoms with E-state index in [0.29, 0.717) is 34.3 Å². The molecule has 3 heterocycles. The van der Waals surface area contributed by atoms with Gasteiger partial charge in [0.05, 0.1) is 13.1 Å². The Morgan fingerprint density at radius 2 is 1.72 bits per heavy atom. The van der Waals surface area contributed by atoms with Gasteiger partial charge in [0.25, 0.3) is 5.56 Å². The first kappa shape index (κ1) is 20.2. The molecule has 1 saturated heterocycles. The molecule has 0 unspecified atom stereocenters. The molecule has 0 amide bonds. The Labute approximate surface area is 178 Å². The van der Waals surface area contributed by atoms with E-state index in [9.17, 15) is 9.59 Å². The van der Waals surface area contributed by atoms with E-state index in [2.05, 4.69) is 4.90 Å². The first-order chi connectivity index (χ1) is 13.9. The number of imidazole rings is 1. The van der Waals surface area contributed by atoms with Gasteiger partial charge in [-0.25, -0.2) is 9.78 Å². The molecule has 154 valence electrons. The zero-order valence-corrected chi connectivity index (χ0v) is 18.0. The van der Waals surface area contributed by atoms with E-state index in [1.807, 2.05) is 10.6 Å². The fraction of sp³-hybridized carbons (Fsp3) is 0.450. The van der Waals surface area contributed by atoms with Crippen molar-refractivity contribution in [2.45, 2.75) is 32.4 Å². The molecule has 0 N–H and O–H groups in total. The third kappa shape index (κ3) is 3.74. The summed E-state index contributed by atoms with van der Waals surface area (Å²) in [7, 11) is 3.13. The zero-order chi connectivity index (χ0) is 20.7. The number of piperidine rings is 1. The minimum Gasteiger partial charge on any atom is -0.316 e. The van der Waals surface area contributed by atoms with Gasteiger partial charge in [-0.2, -0.15) is 0 Å². The van der Waals surface area contributed by atoms with Crippen LogP contribution >= 0.6 is 23.2 Å². The number of aromatic nitrogens is 4. The van der Waals surface area contributed by atoms with Crippen molar-refractivity contribution in [2.75, 3.05) is 13.1 Å². The van der Waals surface area contributed by atoms with E-state index in [-0.39, 0.29) is 11.2 Å². The standard InChI is InChI=1S/C20H23Cl2N5O2/c1-24-18-17(19(28)25(2)20(24)29)27(11-13-6-7-14(21)10-15(13)22)16(23-18)12-26-8-4-3-5-9-26/h6-7,10H,3-5,8-9,11-12H2,1-2H3. The Morgan fingerprint density at radius 3 is 2.41 bits per heavy atom. The lowest BCUT2D eigenvalue weighted by atomic mass is 10.1. The first-order valence-electron chi connectivity index (χ1n) is 9.68. The molecule has 3 aromatic rings. The molecular weight excluding hydrogens is 413 g/mol. The van der Waals surface area contributed by atoms with Gasteiger partial charge in [0.1, 0.15) is 5.82 Å². The molecule has 0 bridgehead atoms. The summed E-state index contributed by atoms with van der Waals surface area (Å²) in [6, 6.07) is 5.32. The van der Waals surface area contributed by atoms with Gasteiger partial charge < -0.3 is 4.57 Å². The van der Waals surface area contributed by atoms with Gasteiger partial charge in [0.2, 0.25) is 0 Å². The van der Waals surface area contributed by atoms with E-state index in [1.165, 1.54) is 18.0 Å². The van der Waals surface area contributed by atoms with Crippen molar-refractivity contribution in [3.63, 3.8) is 0 Å². The fourth-order valence-electron chi connectivity index (χ4n) is 3.92. The Balaban J connectivity index is 1.89. The van der Waals surface area contributed by atoms with Crippen LogP contribution in [0.3, 0.4) is 0 Å². The van der Waals surface area contributed by atoms with Crippen molar-refractivity contribution in [1.29, 1.82) is 0 Å². The third-order valence-corrected chi connectivity index (χ3v) is 6.17. The average Bonchev–Trinajstić information content (AvgIpc) is 3.05. The first-order valence-corrected chi connectivity index (χ1v) is 10.4. The minimum absolute atomic E-state index is 0.356. The van der Waals surface area contributed by atoms with E-state index >= 15 is 0 Å². The molecular formula is C20H23Cl2N5O2. The molecule has 0 spiro atoms. The number of hydrogen-bond donors (Lipinski definition) is 0. The second kappa shape index (κ2) is 7.97. The Kier molecular flexibility index (Phi) is 5.55. The Morgan fingerprint density at radius 1 is 1.00 bits per heavy atom. The molecule has 1 fully saturated rings. The molecule has 2 aromatic heterocycles. The van der Waals surface area contributed by atoms with Gasteiger partial charge in [-0.3, -0.25) is 18.8 Å². The van der Waals surface area contributed by atoms with Gasteiger partial charge in [0, 0.05) is 24.1 Å². The smallest absolute Gasteiger partial charge is 0.316 e. The monoisotopic (exact) mass is 435 g/mol. The summed E-state index contributed by atoms with van der Waals surface area (Å²) in [6.07, 6.45) is 3.55. The van der Waals surface area contributed by atoms with Crippen LogP contribution in [-0.4, -0.2) is 36.7 Å². The van der Waals surface area contributed by atoms with E-state index in [1.54, 1.807) is 19.2 Å². The number of aryl methyl sites for hydroxylation is 1. The van der Waals surface area contributed by atoms with Crippen LogP contribution in [-0.2, 0) is 27.2 Å². The number of nitrogens with zero attached hydrogens (tertiary/aromatic N) is 5. The predicted octanol–water partition coefficient (Wildman–Crippen LogP) is 2.77. The van der Waals surface area contributed by atoms with Crippen LogP contribution in [0, 0.1) is 0 Å². The van der Waals surface area contributed by atoms with E-state index in [4.69, 9.17) is 28.2 Å². The molecule has 0 radical (unpaired) electrons. The van der Waals surface area contributed by atoms with Gasteiger partial charge in [0.15, 0.2) is 11.2 Å². The van der Waals surface area contributed by atoms with Crippen molar-refractivity contribution < 1.29 is 0 Å². The maximum Gasteiger partial charge on any atom is 0.332 e. The van der Waals surface area contributed by atoms with Crippen LogP contribution in [0.4, 0.5) is 0 Å². The maximum absolute atomic E-state index is 13.0. The molecule has 9 heteroatoms. The highest BCUT2D eigenvalue weighted by atomic mass is 35.5. The fourth-order valence-corrected chi connectivity index (χ4v) is 4.39. The Hall–Kier alpha value is -2.09. The van der Waals surface area contributed by atoms with Gasteiger partial charge in [-0.05, 0) is 43.6 Å². The predicted molar refractivity (Wildman–Crippen MR) is 115 cm³/mol. The SMILES string of the molecule is Cn1c(=O)c2c(nc(CN3CCCCC3)n2Cc2ccc(Cl)cc2Cl)n(C)c1=O. The third-order valence-electron chi connectivity index (χ3n) is 5.58. The van der Waals surface area contributed by atoms with Crippen LogP contribution in [0.5, 0.6) is 0 Å². The van der Waals surface area contributed by atoms with E-state index < -0.39 is 0 Å². The van der Waals surface area contributed by atoms with Crippen LogP contribution < -0.4 is 11.2 Å². The summed E-state index contributed by atoms with van der Waals surface area (Å²) in [5, 5.41) is 1.09. The summed E-state index contributed by atoms with van der Waals surface area (Å²) in [5.74, 6) is 0.756. The number of hydrogen-bond acceptors (Lipinski definition) is 4. The van der Waals surface area contributed by atoms with Crippen molar-refractivity contribution in [2.24, 2.45) is 14.1 Å². The van der Waals surface area contributed by atoms with Crippen molar-refractivity contribution in [3.8, 4) is 0 Å². The quantitative estimate of drug-likeness (QED) is 0.631. The summed E-state index contributed by atoms with van der Waals surface area (Å²) >= 11 is 12.4. The average molecular weight is 436 g/mol. The highest BCUT2D eigenvalue weighted by Gasteiger charge is 2.22. The number of halogens is 2. The van der Waals surface area contributed by atoms with Crippen LogP contribution in [0.2, 0.25) is 10.0 Å². The van der Waals surface area contributed by atoms with Crippen LogP contribution in [0.1, 0.15) is 30.7 Å². The molecule has 4 rings (SSSR count). The summed E-state index contributed by atoms with van der Waals surface area (Å²) < 4.78 is 4.44. The topological polar surface area (TPSA) is 65.1 Å². The molecule has 0 atom stereocenters. The van der Waals surface area contributed by atoms with Gasteiger partial charge in [-0.15, -0.1) is 0 Å². The highest BCUT2D eigenvalue weighted by Crippen LogP contribution is 2.24. The summed E-state index contributed by atoms with van der Waals surface area (Å²) in [6.45, 7) is 3.00. The molecule has 29 heavy (non-hydrogen) atoms. The number of likely N-dealkylation sites (tertiary alicyclic amines) is 1. The number of rotatable bonds is 4. The normalized spacial score (nSPS) is 15.3. The van der Waals surface area contributed by atoms with Crippen LogP contribution in [0.25, 0.3) is 11.2 Å². The van der Waals surface area contributed by atoms with Crippen molar-refractivity contribution in [3.05, 3.63) is 60.5 Å². The number of benzene rings is 1. The zero-order valence-electron chi connectivity index (χ0n) is 16.5. The highest BCUT2D eigenvalue weighted by molar-refractivity contribution is 6.35. The maximum atomic E-state index is 13.0. The summed E-state index contributed by atoms with van der Waals surface area (Å²) in [5.41, 5.74) is 0.903. The molecule has 7 nitrogen and oxygen atoms in total. The van der Waals surface area contributed by atoms with Gasteiger partial charge >= 0.3 is 5.69 Å².